The molecule has 0 aliphatic carbocycles. The van der Waals surface area contributed by atoms with E-state index in [1.807, 2.05) is 10.6 Å². The zero-order chi connectivity index (χ0) is 13.8. The fraction of sp³-hybridized carbons (Fsp3) is 0.500. The van der Waals surface area contributed by atoms with Crippen molar-refractivity contribution in [2.45, 2.75) is 31.7 Å². The second-order valence-electron chi connectivity index (χ2n) is 4.54. The van der Waals surface area contributed by atoms with E-state index < -0.39 is 0 Å². The van der Waals surface area contributed by atoms with Gasteiger partial charge in [0, 0.05) is 7.11 Å². The van der Waals surface area contributed by atoms with Gasteiger partial charge in [-0.3, -0.25) is 0 Å². The Kier molecular flexibility index (Phi) is 4.77. The Hall–Kier alpha value is -1.13. The van der Waals surface area contributed by atoms with Gasteiger partial charge in [0.1, 0.15) is 11.3 Å². The number of para-hydroxylation sites is 1. The normalized spacial score (nSPS) is 13.1. The summed E-state index contributed by atoms with van der Waals surface area (Å²) in [6.45, 7) is 2.68. The zero-order valence-corrected chi connectivity index (χ0v) is 12.0. The largest absolute Gasteiger partial charge is 0.383 e. The van der Waals surface area contributed by atoms with Gasteiger partial charge in [0.05, 0.1) is 24.0 Å². The molecule has 3 nitrogen and oxygen atoms in total. The van der Waals surface area contributed by atoms with Crippen LogP contribution in [0.4, 0.5) is 4.39 Å². The molecule has 1 aromatic heterocycles. The van der Waals surface area contributed by atoms with Crippen LogP contribution in [0.25, 0.3) is 11.0 Å². The van der Waals surface area contributed by atoms with E-state index in [2.05, 4.69) is 11.9 Å². The molecule has 19 heavy (non-hydrogen) atoms. The van der Waals surface area contributed by atoms with Gasteiger partial charge in [-0.15, -0.1) is 11.6 Å². The first-order valence-corrected chi connectivity index (χ1v) is 6.96. The molecule has 0 bridgehead atoms. The van der Waals surface area contributed by atoms with E-state index >= 15 is 0 Å². The SMILES string of the molecule is CCCC(COC)n1c(CCl)nc2c(F)cccc21. The van der Waals surface area contributed by atoms with Crippen LogP contribution in [0.1, 0.15) is 31.6 Å². The second kappa shape index (κ2) is 6.35. The van der Waals surface area contributed by atoms with Crippen LogP contribution in [0.3, 0.4) is 0 Å². The highest BCUT2D eigenvalue weighted by atomic mass is 35.5. The summed E-state index contributed by atoms with van der Waals surface area (Å²) in [5, 5.41) is 0. The second-order valence-corrected chi connectivity index (χ2v) is 4.80. The van der Waals surface area contributed by atoms with E-state index in [4.69, 9.17) is 16.3 Å². The van der Waals surface area contributed by atoms with Crippen LogP contribution in [-0.2, 0) is 10.6 Å². The Balaban J connectivity index is 2.58. The molecule has 0 saturated heterocycles. The predicted molar refractivity (Wildman–Crippen MR) is 75.1 cm³/mol. The average molecular weight is 285 g/mol. The van der Waals surface area contributed by atoms with Crippen LogP contribution >= 0.6 is 11.6 Å². The summed E-state index contributed by atoms with van der Waals surface area (Å²) in [5.41, 5.74) is 1.17. The smallest absolute Gasteiger partial charge is 0.151 e. The zero-order valence-electron chi connectivity index (χ0n) is 11.2. The summed E-state index contributed by atoms with van der Waals surface area (Å²) in [4.78, 5) is 4.32. The third-order valence-electron chi connectivity index (χ3n) is 3.21. The summed E-state index contributed by atoms with van der Waals surface area (Å²) in [6.07, 6.45) is 1.96. The molecule has 0 aliphatic rings. The number of benzene rings is 1. The van der Waals surface area contributed by atoms with Crippen LogP contribution in [0.5, 0.6) is 0 Å². The lowest BCUT2D eigenvalue weighted by atomic mass is 10.1. The van der Waals surface area contributed by atoms with Gasteiger partial charge >= 0.3 is 0 Å². The fourth-order valence-corrected chi connectivity index (χ4v) is 2.63. The Morgan fingerprint density at radius 1 is 1.47 bits per heavy atom. The molecular weight excluding hydrogens is 267 g/mol. The van der Waals surface area contributed by atoms with Gasteiger partial charge in [0.25, 0.3) is 0 Å². The minimum atomic E-state index is -0.310. The van der Waals surface area contributed by atoms with Gasteiger partial charge in [0.2, 0.25) is 0 Å². The number of methoxy groups -OCH3 is 1. The van der Waals surface area contributed by atoms with Crippen molar-refractivity contribution in [3.63, 3.8) is 0 Å². The number of hydrogen-bond donors (Lipinski definition) is 0. The average Bonchev–Trinajstić information content (AvgIpc) is 2.78. The van der Waals surface area contributed by atoms with Crippen LogP contribution in [-0.4, -0.2) is 23.3 Å². The summed E-state index contributed by atoms with van der Waals surface area (Å²) < 4.78 is 21.1. The molecule has 1 atom stereocenters. The van der Waals surface area contributed by atoms with Crippen molar-refractivity contribution in [3.8, 4) is 0 Å². The van der Waals surface area contributed by atoms with E-state index in [-0.39, 0.29) is 17.7 Å². The van der Waals surface area contributed by atoms with Crippen molar-refractivity contribution < 1.29 is 9.13 Å². The van der Waals surface area contributed by atoms with Gasteiger partial charge in [-0.2, -0.15) is 0 Å². The summed E-state index contributed by atoms with van der Waals surface area (Å²) in [5.74, 6) is 0.644. The minimum absolute atomic E-state index is 0.135. The number of imidazole rings is 1. The molecule has 104 valence electrons. The van der Waals surface area contributed by atoms with E-state index in [1.165, 1.54) is 6.07 Å². The van der Waals surface area contributed by atoms with E-state index in [0.717, 1.165) is 18.4 Å². The molecule has 1 aromatic carbocycles. The Bertz CT molecular complexity index is 550. The molecule has 2 aromatic rings. The van der Waals surface area contributed by atoms with Gasteiger partial charge in [-0.25, -0.2) is 9.37 Å². The van der Waals surface area contributed by atoms with Crippen LogP contribution < -0.4 is 0 Å². The maximum absolute atomic E-state index is 13.8. The molecular formula is C14H18ClFN2O. The number of nitrogens with zero attached hydrogens (tertiary/aromatic N) is 2. The quantitative estimate of drug-likeness (QED) is 0.752. The topological polar surface area (TPSA) is 27.1 Å². The summed E-state index contributed by atoms with van der Waals surface area (Å²) in [7, 11) is 1.67. The highest BCUT2D eigenvalue weighted by molar-refractivity contribution is 6.16. The van der Waals surface area contributed by atoms with E-state index in [1.54, 1.807) is 13.2 Å². The molecule has 5 heteroatoms. The number of hydrogen-bond acceptors (Lipinski definition) is 2. The number of aromatic nitrogens is 2. The lowest BCUT2D eigenvalue weighted by Gasteiger charge is -2.20. The highest BCUT2D eigenvalue weighted by Gasteiger charge is 2.19. The highest BCUT2D eigenvalue weighted by Crippen LogP contribution is 2.26. The van der Waals surface area contributed by atoms with Gasteiger partial charge in [-0.05, 0) is 18.6 Å². The molecule has 0 fully saturated rings. The minimum Gasteiger partial charge on any atom is -0.383 e. The van der Waals surface area contributed by atoms with Crippen molar-refractivity contribution >= 4 is 22.6 Å². The number of ether oxygens (including phenoxy) is 1. The molecule has 1 heterocycles. The summed E-state index contributed by atoms with van der Waals surface area (Å²) in [6, 6.07) is 5.13. The first-order chi connectivity index (χ1) is 9.22. The Morgan fingerprint density at radius 2 is 2.26 bits per heavy atom. The molecule has 0 saturated carbocycles. The standard InChI is InChI=1S/C14H18ClFN2O/c1-3-5-10(9-19-2)18-12-7-4-6-11(16)14(12)17-13(18)8-15/h4,6-7,10H,3,5,8-9H2,1-2H3. The molecule has 0 aliphatic heterocycles. The maximum atomic E-state index is 13.8. The number of halogens is 2. The van der Waals surface area contributed by atoms with Gasteiger partial charge < -0.3 is 9.30 Å². The third kappa shape index (κ3) is 2.74. The molecule has 0 N–H and O–H groups in total. The van der Waals surface area contributed by atoms with E-state index in [9.17, 15) is 4.39 Å². The van der Waals surface area contributed by atoms with Crippen LogP contribution in [0.2, 0.25) is 0 Å². The number of alkyl halides is 1. The van der Waals surface area contributed by atoms with Crippen molar-refractivity contribution in [1.29, 1.82) is 0 Å². The lowest BCUT2D eigenvalue weighted by Crippen LogP contribution is -2.16. The van der Waals surface area contributed by atoms with Crippen LogP contribution in [0, 0.1) is 5.82 Å². The molecule has 0 amide bonds. The molecule has 0 radical (unpaired) electrons. The third-order valence-corrected chi connectivity index (χ3v) is 3.45. The maximum Gasteiger partial charge on any atom is 0.151 e. The first kappa shape index (κ1) is 14.3. The van der Waals surface area contributed by atoms with Crippen molar-refractivity contribution in [3.05, 3.63) is 29.8 Å². The monoisotopic (exact) mass is 284 g/mol. The Labute approximate surface area is 117 Å². The lowest BCUT2D eigenvalue weighted by molar-refractivity contribution is 0.151. The summed E-state index contributed by atoms with van der Waals surface area (Å²) >= 11 is 5.95. The molecule has 2 rings (SSSR count). The molecule has 1 unspecified atom stereocenters. The van der Waals surface area contributed by atoms with Crippen molar-refractivity contribution in [2.75, 3.05) is 13.7 Å². The fourth-order valence-electron chi connectivity index (χ4n) is 2.45. The van der Waals surface area contributed by atoms with Gasteiger partial charge in [-0.1, -0.05) is 19.4 Å². The van der Waals surface area contributed by atoms with E-state index in [0.29, 0.717) is 17.9 Å². The first-order valence-electron chi connectivity index (χ1n) is 6.43. The predicted octanol–water partition coefficient (Wildman–Crippen LogP) is 3.90. The van der Waals surface area contributed by atoms with Crippen LogP contribution in [0.15, 0.2) is 18.2 Å². The molecule has 0 spiro atoms. The van der Waals surface area contributed by atoms with Gasteiger partial charge in [0.15, 0.2) is 5.82 Å². The van der Waals surface area contributed by atoms with Crippen molar-refractivity contribution in [2.24, 2.45) is 0 Å². The number of rotatable bonds is 6. The van der Waals surface area contributed by atoms with Crippen molar-refractivity contribution in [1.82, 2.24) is 9.55 Å². The number of fused-ring (bicyclic) bond motifs is 1. The Morgan fingerprint density at radius 3 is 2.89 bits per heavy atom.